The Bertz CT molecular complexity index is 1520. The maximum atomic E-state index is 15.2. The molecule has 0 aromatic heterocycles. The van der Waals surface area contributed by atoms with Crippen molar-refractivity contribution in [2.24, 2.45) is 23.7 Å². The first kappa shape index (κ1) is 34.6. The second-order valence-electron chi connectivity index (χ2n) is 14.4. The van der Waals surface area contributed by atoms with Crippen molar-refractivity contribution in [2.45, 2.75) is 84.2 Å². The molecule has 8 heteroatoms. The van der Waals surface area contributed by atoms with Crippen molar-refractivity contribution >= 4 is 23.4 Å². The summed E-state index contributed by atoms with van der Waals surface area (Å²) in [5, 5.41) is 10.8. The molecule has 47 heavy (non-hydrogen) atoms. The van der Waals surface area contributed by atoms with Gasteiger partial charge in [-0.2, -0.15) is 0 Å². The monoisotopic (exact) mass is 641 g/mol. The molecule has 3 fully saturated rings. The summed E-state index contributed by atoms with van der Waals surface area (Å²) in [6, 6.07) is 14.1. The molecule has 1 spiro atoms. The molecule has 3 heterocycles. The first-order valence-corrected chi connectivity index (χ1v) is 16.9. The topological polar surface area (TPSA) is 90.4 Å². The number of amides is 3. The summed E-state index contributed by atoms with van der Waals surface area (Å²) in [5.74, 6) is -2.41. The molecule has 5 rings (SSSR count). The van der Waals surface area contributed by atoms with E-state index in [2.05, 4.69) is 20.1 Å². The van der Waals surface area contributed by atoms with Gasteiger partial charge >= 0.3 is 0 Å². The number of carbonyl (C=O) groups is 3. The number of hydrogen-bond donors (Lipinski definition) is 1. The number of anilines is 1. The fourth-order valence-corrected chi connectivity index (χ4v) is 8.53. The highest BCUT2D eigenvalue weighted by atomic mass is 16.5. The van der Waals surface area contributed by atoms with Crippen molar-refractivity contribution in [3.8, 4) is 0 Å². The van der Waals surface area contributed by atoms with Gasteiger partial charge in [-0.15, -0.1) is 13.2 Å². The summed E-state index contributed by atoms with van der Waals surface area (Å²) in [7, 11) is 0. The Labute approximate surface area is 280 Å². The maximum Gasteiger partial charge on any atom is 0.253 e. The van der Waals surface area contributed by atoms with Crippen LogP contribution in [-0.2, 0) is 25.7 Å². The Hall–Kier alpha value is -3.75. The fraction of sp³-hybridized carbons (Fsp3) is 0.513. The van der Waals surface area contributed by atoms with Crippen LogP contribution in [0.2, 0.25) is 0 Å². The summed E-state index contributed by atoms with van der Waals surface area (Å²) in [5.41, 5.74) is 1.43. The van der Waals surface area contributed by atoms with E-state index < -0.39 is 35.1 Å². The predicted molar refractivity (Wildman–Crippen MR) is 184 cm³/mol. The fourth-order valence-electron chi connectivity index (χ4n) is 8.53. The average molecular weight is 642 g/mol. The van der Waals surface area contributed by atoms with Crippen molar-refractivity contribution < 1.29 is 24.2 Å². The highest BCUT2D eigenvalue weighted by Gasteiger charge is 2.80. The van der Waals surface area contributed by atoms with Gasteiger partial charge in [-0.25, -0.2) is 0 Å². The van der Waals surface area contributed by atoms with Crippen molar-refractivity contribution in [3.63, 3.8) is 0 Å². The lowest BCUT2D eigenvalue weighted by Gasteiger charge is -2.40. The van der Waals surface area contributed by atoms with Crippen molar-refractivity contribution in [1.29, 1.82) is 0 Å². The number of fused-ring (bicyclic) bond motifs is 1. The Morgan fingerprint density at radius 1 is 1.09 bits per heavy atom. The standard InChI is InChI=1S/C39H51N3O5/c1-9-18-40(23-29-14-12-11-13-15-29)35(44)32-33-36(45)42(30(24-43)20-25(3)4)34(39(33)22-28(7)38(32,8)47-39)37(46)41(19-10-2)31-21-26(5)16-17-27(31)6/h9-17,21,25,28,30,32-34,43H,1-2,18-20,22-24H2,3-8H3/t28?,30-,32-,33+,34?,38+,39?/m1/s1. The van der Waals surface area contributed by atoms with Gasteiger partial charge in [0.15, 0.2) is 0 Å². The summed E-state index contributed by atoms with van der Waals surface area (Å²) in [6.45, 7) is 20.5. The number of aryl methyl sites for hydroxylation is 2. The van der Waals surface area contributed by atoms with Gasteiger partial charge in [0.25, 0.3) is 5.91 Å². The lowest BCUT2D eigenvalue weighted by Crippen LogP contribution is -2.59. The number of likely N-dealkylation sites (tertiary alicyclic amines) is 1. The van der Waals surface area contributed by atoms with E-state index in [1.165, 1.54) is 0 Å². The molecule has 0 saturated carbocycles. The first-order valence-electron chi connectivity index (χ1n) is 16.9. The van der Waals surface area contributed by atoms with Crippen LogP contribution in [0.4, 0.5) is 5.69 Å². The van der Waals surface area contributed by atoms with Gasteiger partial charge in [0.2, 0.25) is 11.8 Å². The SMILES string of the molecule is C=CCN(Cc1ccccc1)C(=O)[C@H]1[C@H]2C(=O)N([C@@H](CO)CC(C)C)C(C(=O)N(CC=C)c3cc(C)ccc3C)C23CC(C)[C@]1(C)O3. The number of carbonyl (C=O) groups excluding carboxylic acids is 3. The zero-order chi connectivity index (χ0) is 34.3. The van der Waals surface area contributed by atoms with Gasteiger partial charge < -0.3 is 24.5 Å². The number of hydrogen-bond acceptors (Lipinski definition) is 5. The van der Waals surface area contributed by atoms with E-state index in [1.54, 1.807) is 26.9 Å². The summed E-state index contributed by atoms with van der Waals surface area (Å²) < 4.78 is 7.06. The Morgan fingerprint density at radius 2 is 1.77 bits per heavy atom. The van der Waals surface area contributed by atoms with E-state index in [0.717, 1.165) is 22.4 Å². The molecule has 3 saturated heterocycles. The maximum absolute atomic E-state index is 15.2. The molecule has 2 bridgehead atoms. The molecule has 8 nitrogen and oxygen atoms in total. The quantitative estimate of drug-likeness (QED) is 0.294. The number of aliphatic hydroxyl groups excluding tert-OH is 1. The lowest BCUT2D eigenvalue weighted by atomic mass is 9.62. The predicted octanol–water partition coefficient (Wildman–Crippen LogP) is 5.45. The molecule has 3 aliphatic rings. The molecular weight excluding hydrogens is 590 g/mol. The first-order chi connectivity index (χ1) is 22.3. The molecule has 2 aromatic rings. The van der Waals surface area contributed by atoms with Gasteiger partial charge in [-0.3, -0.25) is 14.4 Å². The highest BCUT2D eigenvalue weighted by molar-refractivity contribution is 6.05. The molecule has 2 aromatic carbocycles. The van der Waals surface area contributed by atoms with Gasteiger partial charge in [0, 0.05) is 25.3 Å². The second-order valence-corrected chi connectivity index (χ2v) is 14.4. The normalized spacial score (nSPS) is 28.3. The number of benzene rings is 2. The second kappa shape index (κ2) is 13.4. The molecule has 3 amide bonds. The molecule has 3 aliphatic heterocycles. The van der Waals surface area contributed by atoms with Crippen LogP contribution < -0.4 is 4.90 Å². The number of ether oxygens (including phenoxy) is 1. The minimum atomic E-state index is -1.24. The molecule has 0 aliphatic carbocycles. The molecule has 3 unspecified atom stereocenters. The summed E-state index contributed by atoms with van der Waals surface area (Å²) >= 11 is 0. The van der Waals surface area contributed by atoms with Crippen LogP contribution in [0.3, 0.4) is 0 Å². The zero-order valence-electron chi connectivity index (χ0n) is 28.8. The van der Waals surface area contributed by atoms with Crippen LogP contribution in [-0.4, -0.2) is 75.6 Å². The van der Waals surface area contributed by atoms with E-state index in [-0.39, 0.29) is 42.7 Å². The Kier molecular flexibility index (Phi) is 9.86. The van der Waals surface area contributed by atoms with Crippen LogP contribution >= 0.6 is 0 Å². The number of nitrogens with zero attached hydrogens (tertiary/aromatic N) is 3. The summed E-state index contributed by atoms with van der Waals surface area (Å²) in [6.07, 6.45) is 4.34. The van der Waals surface area contributed by atoms with Gasteiger partial charge in [0.05, 0.1) is 30.1 Å². The smallest absolute Gasteiger partial charge is 0.253 e. The van der Waals surface area contributed by atoms with E-state index in [0.29, 0.717) is 25.9 Å². The minimum Gasteiger partial charge on any atom is -0.394 e. The van der Waals surface area contributed by atoms with Crippen molar-refractivity contribution in [3.05, 3.63) is 90.5 Å². The van der Waals surface area contributed by atoms with Crippen molar-refractivity contribution in [1.82, 2.24) is 9.80 Å². The number of rotatable bonds is 13. The molecule has 0 radical (unpaired) electrons. The highest BCUT2D eigenvalue weighted by Crippen LogP contribution is 2.66. The molecular formula is C39H51N3O5. The van der Waals surface area contributed by atoms with Gasteiger partial charge in [-0.05, 0) is 68.2 Å². The van der Waals surface area contributed by atoms with Crippen molar-refractivity contribution in [2.75, 3.05) is 24.6 Å². The lowest BCUT2D eigenvalue weighted by molar-refractivity contribution is -0.154. The summed E-state index contributed by atoms with van der Waals surface area (Å²) in [4.78, 5) is 49.9. The molecule has 1 N–H and O–H groups in total. The van der Waals surface area contributed by atoms with Gasteiger partial charge in [0.1, 0.15) is 11.6 Å². The third-order valence-electron chi connectivity index (χ3n) is 10.7. The molecule has 7 atom stereocenters. The Balaban J connectivity index is 1.65. The Morgan fingerprint density at radius 3 is 2.38 bits per heavy atom. The van der Waals surface area contributed by atoms with E-state index in [4.69, 9.17) is 4.74 Å². The van der Waals surface area contributed by atoms with E-state index in [9.17, 15) is 14.7 Å². The van der Waals surface area contributed by atoms with Crippen LogP contribution in [0.25, 0.3) is 0 Å². The third kappa shape index (κ3) is 5.84. The average Bonchev–Trinajstić information content (AvgIpc) is 3.55. The van der Waals surface area contributed by atoms with E-state index >= 15 is 4.79 Å². The van der Waals surface area contributed by atoms with Crippen LogP contribution in [0.15, 0.2) is 73.8 Å². The zero-order valence-corrected chi connectivity index (χ0v) is 28.8. The van der Waals surface area contributed by atoms with Crippen LogP contribution in [0.1, 0.15) is 57.2 Å². The van der Waals surface area contributed by atoms with E-state index in [1.807, 2.05) is 83.1 Å². The van der Waals surface area contributed by atoms with Crippen LogP contribution in [0, 0.1) is 37.5 Å². The largest absolute Gasteiger partial charge is 0.394 e. The third-order valence-corrected chi connectivity index (χ3v) is 10.7. The molecule has 252 valence electrons. The van der Waals surface area contributed by atoms with Crippen LogP contribution in [0.5, 0.6) is 0 Å². The number of aliphatic hydroxyl groups is 1. The minimum absolute atomic E-state index is 0.107. The van der Waals surface area contributed by atoms with Gasteiger partial charge in [-0.1, -0.05) is 75.4 Å².